The first-order valence-corrected chi connectivity index (χ1v) is 9.22. The monoisotopic (exact) mass is 339 g/mol. The molecule has 132 valence electrons. The molecule has 6 heteroatoms. The van der Waals surface area contributed by atoms with Gasteiger partial charge in [0.05, 0.1) is 11.4 Å². The van der Waals surface area contributed by atoms with Crippen LogP contribution in [0.5, 0.6) is 0 Å². The number of carbonyl (C=O) groups excluding carboxylic acids is 1. The molecule has 0 unspecified atom stereocenters. The van der Waals surface area contributed by atoms with Crippen molar-refractivity contribution in [2.75, 3.05) is 19.6 Å². The summed E-state index contributed by atoms with van der Waals surface area (Å²) < 4.78 is 2.14. The van der Waals surface area contributed by atoms with Gasteiger partial charge in [-0.1, -0.05) is 0 Å². The normalized spacial score (nSPS) is 21.5. The van der Waals surface area contributed by atoms with Crippen LogP contribution in [0.2, 0.25) is 0 Å². The SMILES string of the molecule is O=C(c1cccnc1)[C@@H]1CCCN(Cc2cc3n(n2)CCCNC3)C1. The van der Waals surface area contributed by atoms with Crippen molar-refractivity contribution in [1.82, 2.24) is 25.0 Å². The number of likely N-dealkylation sites (tertiary alicyclic amines) is 1. The highest BCUT2D eigenvalue weighted by Crippen LogP contribution is 2.22. The zero-order chi connectivity index (χ0) is 17.1. The molecule has 0 amide bonds. The van der Waals surface area contributed by atoms with Crippen molar-refractivity contribution in [3.05, 3.63) is 47.5 Å². The zero-order valence-electron chi connectivity index (χ0n) is 14.5. The first kappa shape index (κ1) is 16.4. The molecule has 2 aliphatic rings. The smallest absolute Gasteiger partial charge is 0.168 e. The lowest BCUT2D eigenvalue weighted by atomic mass is 9.90. The van der Waals surface area contributed by atoms with Crippen LogP contribution >= 0.6 is 0 Å². The van der Waals surface area contributed by atoms with E-state index >= 15 is 0 Å². The lowest BCUT2D eigenvalue weighted by Gasteiger charge is -2.31. The summed E-state index contributed by atoms with van der Waals surface area (Å²) in [6, 6.07) is 5.92. The van der Waals surface area contributed by atoms with E-state index in [4.69, 9.17) is 5.10 Å². The number of carbonyl (C=O) groups is 1. The molecule has 4 heterocycles. The third-order valence-electron chi connectivity index (χ3n) is 5.15. The van der Waals surface area contributed by atoms with Gasteiger partial charge < -0.3 is 5.32 Å². The van der Waals surface area contributed by atoms with Gasteiger partial charge in [0.25, 0.3) is 0 Å². The fraction of sp³-hybridized carbons (Fsp3) is 0.526. The molecule has 2 aromatic heterocycles. The minimum atomic E-state index is 0.0695. The fourth-order valence-corrected chi connectivity index (χ4v) is 3.88. The maximum Gasteiger partial charge on any atom is 0.168 e. The van der Waals surface area contributed by atoms with Gasteiger partial charge in [0.15, 0.2) is 5.78 Å². The summed E-state index contributed by atoms with van der Waals surface area (Å²) >= 11 is 0. The van der Waals surface area contributed by atoms with Gasteiger partial charge in [0, 0.05) is 50.1 Å². The number of aromatic nitrogens is 3. The topological polar surface area (TPSA) is 63.1 Å². The third kappa shape index (κ3) is 3.80. The second-order valence-corrected chi connectivity index (χ2v) is 7.06. The Morgan fingerprint density at radius 3 is 3.16 bits per heavy atom. The van der Waals surface area contributed by atoms with E-state index in [1.54, 1.807) is 12.4 Å². The Labute approximate surface area is 148 Å². The molecule has 0 spiro atoms. The standard InChI is InChI=1S/C19H25N5O/c25-19(15-4-1-6-20-11-15)16-5-2-8-23(13-16)14-17-10-18-12-21-7-3-9-24(18)22-17/h1,4,6,10-11,16,21H,2-3,5,7-9,12-14H2/t16-/m1/s1. The molecular weight excluding hydrogens is 314 g/mol. The Kier molecular flexibility index (Phi) is 4.90. The van der Waals surface area contributed by atoms with Crippen LogP contribution < -0.4 is 5.32 Å². The highest BCUT2D eigenvalue weighted by Gasteiger charge is 2.27. The van der Waals surface area contributed by atoms with Gasteiger partial charge >= 0.3 is 0 Å². The number of nitrogens with one attached hydrogen (secondary N) is 1. The zero-order valence-corrected chi connectivity index (χ0v) is 14.5. The minimum absolute atomic E-state index is 0.0695. The van der Waals surface area contributed by atoms with Gasteiger partial charge in [-0.05, 0) is 50.6 Å². The van der Waals surface area contributed by atoms with Crippen molar-refractivity contribution in [3.63, 3.8) is 0 Å². The van der Waals surface area contributed by atoms with Crippen LogP contribution in [0.15, 0.2) is 30.6 Å². The van der Waals surface area contributed by atoms with Gasteiger partial charge in [0.1, 0.15) is 0 Å². The number of hydrogen-bond acceptors (Lipinski definition) is 5. The summed E-state index contributed by atoms with van der Waals surface area (Å²) in [5, 5.41) is 8.21. The van der Waals surface area contributed by atoms with Gasteiger partial charge in [0.2, 0.25) is 0 Å². The quantitative estimate of drug-likeness (QED) is 0.862. The van der Waals surface area contributed by atoms with E-state index in [-0.39, 0.29) is 11.7 Å². The van der Waals surface area contributed by atoms with E-state index in [0.29, 0.717) is 0 Å². The predicted molar refractivity (Wildman–Crippen MR) is 95.1 cm³/mol. The maximum atomic E-state index is 12.7. The molecule has 0 aliphatic carbocycles. The summed E-state index contributed by atoms with van der Waals surface area (Å²) in [5.74, 6) is 0.294. The Morgan fingerprint density at radius 1 is 1.32 bits per heavy atom. The largest absolute Gasteiger partial charge is 0.311 e. The van der Waals surface area contributed by atoms with Crippen molar-refractivity contribution in [2.45, 2.75) is 38.9 Å². The number of pyridine rings is 1. The number of aryl methyl sites for hydroxylation is 1. The molecule has 2 aromatic rings. The predicted octanol–water partition coefficient (Wildman–Crippen LogP) is 1.87. The lowest BCUT2D eigenvalue weighted by molar-refractivity contribution is 0.0809. The second-order valence-electron chi connectivity index (χ2n) is 7.06. The molecule has 0 saturated carbocycles. The van der Waals surface area contributed by atoms with Crippen molar-refractivity contribution in [3.8, 4) is 0 Å². The molecule has 25 heavy (non-hydrogen) atoms. The summed E-state index contributed by atoms with van der Waals surface area (Å²) in [7, 11) is 0. The van der Waals surface area contributed by atoms with Crippen molar-refractivity contribution in [2.24, 2.45) is 5.92 Å². The molecule has 0 radical (unpaired) electrons. The van der Waals surface area contributed by atoms with Crippen LogP contribution in [0.3, 0.4) is 0 Å². The number of rotatable bonds is 4. The average Bonchev–Trinajstić information content (AvgIpc) is 2.90. The Hall–Kier alpha value is -2.05. The summed E-state index contributed by atoms with van der Waals surface area (Å²) in [6.45, 7) is 5.63. The van der Waals surface area contributed by atoms with Crippen LogP contribution in [0.4, 0.5) is 0 Å². The van der Waals surface area contributed by atoms with Crippen LogP contribution in [0, 0.1) is 5.92 Å². The molecule has 1 saturated heterocycles. The number of ketones is 1. The van der Waals surface area contributed by atoms with E-state index in [2.05, 4.69) is 25.9 Å². The van der Waals surface area contributed by atoms with Crippen LogP contribution in [-0.2, 0) is 19.6 Å². The molecule has 6 nitrogen and oxygen atoms in total. The molecule has 2 aliphatic heterocycles. The molecule has 1 N–H and O–H groups in total. The van der Waals surface area contributed by atoms with Gasteiger partial charge in [-0.3, -0.25) is 19.4 Å². The van der Waals surface area contributed by atoms with Crippen LogP contribution in [0.25, 0.3) is 0 Å². The van der Waals surface area contributed by atoms with E-state index in [9.17, 15) is 4.79 Å². The first-order valence-electron chi connectivity index (χ1n) is 9.22. The molecule has 0 aromatic carbocycles. The lowest BCUT2D eigenvalue weighted by Crippen LogP contribution is -2.38. The molecule has 1 atom stereocenters. The molecular formula is C19H25N5O. The highest BCUT2D eigenvalue weighted by molar-refractivity contribution is 5.97. The number of nitrogens with zero attached hydrogens (tertiary/aromatic N) is 4. The number of fused-ring (bicyclic) bond motifs is 1. The van der Waals surface area contributed by atoms with Gasteiger partial charge in [-0.15, -0.1) is 0 Å². The van der Waals surface area contributed by atoms with E-state index in [1.807, 2.05) is 12.1 Å². The van der Waals surface area contributed by atoms with Crippen molar-refractivity contribution >= 4 is 5.78 Å². The Balaban J connectivity index is 1.41. The van der Waals surface area contributed by atoms with Gasteiger partial charge in [-0.2, -0.15) is 5.10 Å². The Morgan fingerprint density at radius 2 is 2.28 bits per heavy atom. The number of hydrogen-bond donors (Lipinski definition) is 1. The maximum absolute atomic E-state index is 12.7. The van der Waals surface area contributed by atoms with Crippen LogP contribution in [0.1, 0.15) is 41.0 Å². The second kappa shape index (κ2) is 7.45. The van der Waals surface area contributed by atoms with Crippen molar-refractivity contribution < 1.29 is 4.79 Å². The van der Waals surface area contributed by atoms with E-state index in [0.717, 1.165) is 69.8 Å². The Bertz CT molecular complexity index is 703. The average molecular weight is 339 g/mol. The summed E-state index contributed by atoms with van der Waals surface area (Å²) in [4.78, 5) is 19.2. The van der Waals surface area contributed by atoms with Crippen LogP contribution in [-0.4, -0.2) is 45.1 Å². The van der Waals surface area contributed by atoms with Crippen molar-refractivity contribution in [1.29, 1.82) is 0 Å². The molecule has 1 fully saturated rings. The van der Waals surface area contributed by atoms with E-state index < -0.39 is 0 Å². The fourth-order valence-electron chi connectivity index (χ4n) is 3.88. The highest BCUT2D eigenvalue weighted by atomic mass is 16.1. The number of Topliss-reactive ketones (excluding diaryl/α,β-unsaturated/α-hetero) is 1. The summed E-state index contributed by atoms with van der Waals surface area (Å²) in [5.41, 5.74) is 3.12. The minimum Gasteiger partial charge on any atom is -0.311 e. The van der Waals surface area contributed by atoms with Gasteiger partial charge in [-0.25, -0.2) is 0 Å². The number of piperidine rings is 1. The third-order valence-corrected chi connectivity index (χ3v) is 5.15. The van der Waals surface area contributed by atoms with E-state index in [1.165, 1.54) is 5.69 Å². The molecule has 4 rings (SSSR count). The first-order chi connectivity index (χ1) is 12.3. The summed E-state index contributed by atoms with van der Waals surface area (Å²) in [6.07, 6.45) is 6.54. The molecule has 0 bridgehead atoms.